The summed E-state index contributed by atoms with van der Waals surface area (Å²) < 4.78 is 0. The Morgan fingerprint density at radius 2 is 1.48 bits per heavy atom. The standard InChI is InChI=1S/C26H37N7O7/c1-13(2)9-16(27)23(36)31-18(7-8-21(28)34)24(37)32-19(11-22(29)35)25(38)33-20(26(39)40)10-14-12-30-17-6-4-3-5-15(14)17/h3-6,12-13,16,18-20,30H,7-11,27H2,1-2H3,(H2,28,34)(H2,29,35)(H,31,36)(H,32,37)(H,33,38)(H,39,40). The van der Waals surface area contributed by atoms with Crippen molar-refractivity contribution in [3.8, 4) is 0 Å². The fraction of sp³-hybridized carbons (Fsp3) is 0.462. The Kier molecular flexibility index (Phi) is 11.6. The summed E-state index contributed by atoms with van der Waals surface area (Å²) in [6, 6.07) is 1.99. The first-order valence-electron chi connectivity index (χ1n) is 12.8. The zero-order valence-electron chi connectivity index (χ0n) is 22.4. The van der Waals surface area contributed by atoms with Gasteiger partial charge in [0.2, 0.25) is 29.5 Å². The highest BCUT2D eigenvalue weighted by Crippen LogP contribution is 2.19. The number of hydrogen-bond donors (Lipinski definition) is 8. The Labute approximate surface area is 230 Å². The lowest BCUT2D eigenvalue weighted by Gasteiger charge is -2.25. The second-order valence-corrected chi connectivity index (χ2v) is 10.00. The lowest BCUT2D eigenvalue weighted by atomic mass is 10.0. The number of nitrogens with two attached hydrogens (primary N) is 3. The van der Waals surface area contributed by atoms with Crippen LogP contribution in [0.15, 0.2) is 30.5 Å². The highest BCUT2D eigenvalue weighted by atomic mass is 16.4. The van der Waals surface area contributed by atoms with Gasteiger partial charge in [-0.3, -0.25) is 24.0 Å². The van der Waals surface area contributed by atoms with Crippen molar-refractivity contribution in [1.29, 1.82) is 0 Å². The zero-order valence-corrected chi connectivity index (χ0v) is 22.4. The predicted octanol–water partition coefficient (Wildman–Crippen LogP) is -1.24. The summed E-state index contributed by atoms with van der Waals surface area (Å²) in [5, 5.41) is 17.7. The molecule has 5 amide bonds. The van der Waals surface area contributed by atoms with Gasteiger partial charge >= 0.3 is 5.97 Å². The Balaban J connectivity index is 2.19. The summed E-state index contributed by atoms with van der Waals surface area (Å²) in [7, 11) is 0. The van der Waals surface area contributed by atoms with E-state index < -0.39 is 66.1 Å². The molecule has 14 heteroatoms. The molecule has 0 aliphatic rings. The molecule has 1 aromatic carbocycles. The van der Waals surface area contributed by atoms with Crippen molar-refractivity contribution in [2.45, 2.75) is 70.1 Å². The number of carbonyl (C=O) groups excluding carboxylic acids is 5. The number of nitrogens with one attached hydrogen (secondary N) is 4. The van der Waals surface area contributed by atoms with Crippen LogP contribution in [0.3, 0.4) is 0 Å². The molecule has 14 nitrogen and oxygen atoms in total. The first kappa shape index (κ1) is 31.8. The molecule has 0 aliphatic heterocycles. The Hall–Kier alpha value is -4.46. The molecular weight excluding hydrogens is 522 g/mol. The fourth-order valence-electron chi connectivity index (χ4n) is 4.12. The number of hydrogen-bond acceptors (Lipinski definition) is 7. The van der Waals surface area contributed by atoms with Crippen molar-refractivity contribution in [3.05, 3.63) is 36.0 Å². The number of H-pyrrole nitrogens is 1. The van der Waals surface area contributed by atoms with E-state index >= 15 is 0 Å². The van der Waals surface area contributed by atoms with Gasteiger partial charge in [-0.1, -0.05) is 32.0 Å². The van der Waals surface area contributed by atoms with Crippen LogP contribution in [0.25, 0.3) is 10.9 Å². The number of aromatic amines is 1. The van der Waals surface area contributed by atoms with Crippen LogP contribution in [0.5, 0.6) is 0 Å². The van der Waals surface area contributed by atoms with E-state index in [9.17, 15) is 33.9 Å². The summed E-state index contributed by atoms with van der Waals surface area (Å²) in [6.07, 6.45) is 0.746. The highest BCUT2D eigenvalue weighted by molar-refractivity contribution is 5.96. The van der Waals surface area contributed by atoms with Gasteiger partial charge in [0, 0.05) is 29.9 Å². The molecule has 0 saturated heterocycles. The van der Waals surface area contributed by atoms with E-state index in [4.69, 9.17) is 17.2 Å². The highest BCUT2D eigenvalue weighted by Gasteiger charge is 2.32. The number of aromatic nitrogens is 1. The van der Waals surface area contributed by atoms with Crippen molar-refractivity contribution >= 4 is 46.4 Å². The predicted molar refractivity (Wildman–Crippen MR) is 145 cm³/mol. The Morgan fingerprint density at radius 1 is 0.875 bits per heavy atom. The van der Waals surface area contributed by atoms with E-state index in [-0.39, 0.29) is 25.2 Å². The zero-order chi connectivity index (χ0) is 30.0. The van der Waals surface area contributed by atoms with Gasteiger partial charge in [-0.2, -0.15) is 0 Å². The van der Waals surface area contributed by atoms with Gasteiger partial charge in [0.05, 0.1) is 12.5 Å². The minimum absolute atomic E-state index is 0.0899. The maximum absolute atomic E-state index is 13.1. The van der Waals surface area contributed by atoms with E-state index in [1.54, 1.807) is 18.3 Å². The summed E-state index contributed by atoms with van der Waals surface area (Å²) in [6.45, 7) is 3.72. The molecule has 1 aromatic heterocycles. The first-order valence-corrected chi connectivity index (χ1v) is 12.8. The van der Waals surface area contributed by atoms with Crippen LogP contribution in [-0.4, -0.2) is 69.8 Å². The number of fused-ring (bicyclic) bond motifs is 1. The largest absolute Gasteiger partial charge is 0.480 e. The number of aliphatic carboxylic acids is 1. The van der Waals surface area contributed by atoms with Crippen molar-refractivity contribution in [2.75, 3.05) is 0 Å². The molecular formula is C26H37N7O7. The molecule has 2 aromatic rings. The van der Waals surface area contributed by atoms with Crippen LogP contribution in [-0.2, 0) is 35.2 Å². The van der Waals surface area contributed by atoms with Gasteiger partial charge in [-0.25, -0.2) is 4.79 Å². The fourth-order valence-corrected chi connectivity index (χ4v) is 4.12. The molecule has 4 atom stereocenters. The lowest BCUT2D eigenvalue weighted by molar-refractivity contribution is -0.142. The van der Waals surface area contributed by atoms with Gasteiger partial charge in [-0.15, -0.1) is 0 Å². The molecule has 0 saturated carbocycles. The van der Waals surface area contributed by atoms with Gasteiger partial charge in [0.15, 0.2) is 0 Å². The Morgan fingerprint density at radius 3 is 2.08 bits per heavy atom. The average Bonchev–Trinajstić information content (AvgIpc) is 3.27. The molecule has 0 bridgehead atoms. The number of para-hydroxylation sites is 1. The molecule has 1 heterocycles. The Bertz CT molecular complexity index is 1240. The van der Waals surface area contributed by atoms with E-state index in [2.05, 4.69) is 20.9 Å². The molecule has 0 spiro atoms. The second kappa shape index (κ2) is 14.6. The van der Waals surface area contributed by atoms with Gasteiger partial charge in [0.1, 0.15) is 18.1 Å². The van der Waals surface area contributed by atoms with Crippen molar-refractivity contribution in [3.63, 3.8) is 0 Å². The molecule has 4 unspecified atom stereocenters. The van der Waals surface area contributed by atoms with Crippen LogP contribution in [0, 0.1) is 5.92 Å². The van der Waals surface area contributed by atoms with Gasteiger partial charge < -0.3 is 43.2 Å². The molecule has 218 valence electrons. The van der Waals surface area contributed by atoms with E-state index in [0.717, 1.165) is 10.9 Å². The maximum atomic E-state index is 13.1. The number of benzene rings is 1. The van der Waals surface area contributed by atoms with E-state index in [0.29, 0.717) is 12.0 Å². The molecule has 40 heavy (non-hydrogen) atoms. The molecule has 0 aliphatic carbocycles. The smallest absolute Gasteiger partial charge is 0.326 e. The number of carboxylic acids is 1. The number of amides is 5. The van der Waals surface area contributed by atoms with Crippen LogP contribution >= 0.6 is 0 Å². The molecule has 2 rings (SSSR count). The van der Waals surface area contributed by atoms with E-state index in [1.165, 1.54) is 0 Å². The molecule has 11 N–H and O–H groups in total. The van der Waals surface area contributed by atoms with Crippen molar-refractivity contribution in [2.24, 2.45) is 23.1 Å². The monoisotopic (exact) mass is 559 g/mol. The van der Waals surface area contributed by atoms with Crippen molar-refractivity contribution in [1.82, 2.24) is 20.9 Å². The topological polar surface area (TPSA) is 253 Å². The van der Waals surface area contributed by atoms with Gasteiger partial charge in [0.25, 0.3) is 0 Å². The average molecular weight is 560 g/mol. The van der Waals surface area contributed by atoms with E-state index in [1.807, 2.05) is 26.0 Å². The minimum atomic E-state index is -1.56. The SMILES string of the molecule is CC(C)CC(N)C(=O)NC(CCC(N)=O)C(=O)NC(CC(N)=O)C(=O)NC(Cc1c[nH]c2ccccc12)C(=O)O. The minimum Gasteiger partial charge on any atom is -0.480 e. The first-order chi connectivity index (χ1) is 18.8. The second-order valence-electron chi connectivity index (χ2n) is 10.00. The molecule has 0 radical (unpaired) electrons. The van der Waals surface area contributed by atoms with Crippen LogP contribution in [0.4, 0.5) is 0 Å². The van der Waals surface area contributed by atoms with Crippen LogP contribution < -0.4 is 33.2 Å². The van der Waals surface area contributed by atoms with Crippen LogP contribution in [0.1, 0.15) is 45.1 Å². The number of carbonyl (C=O) groups is 6. The van der Waals surface area contributed by atoms with Gasteiger partial charge in [-0.05, 0) is 30.4 Å². The third-order valence-electron chi connectivity index (χ3n) is 6.13. The van der Waals surface area contributed by atoms with Crippen molar-refractivity contribution < 1.29 is 33.9 Å². The third-order valence-corrected chi connectivity index (χ3v) is 6.13. The lowest BCUT2D eigenvalue weighted by Crippen LogP contribution is -2.58. The summed E-state index contributed by atoms with van der Waals surface area (Å²) in [4.78, 5) is 76.7. The number of carboxylic acid groups (broad SMARTS) is 1. The quantitative estimate of drug-likeness (QED) is 0.123. The number of rotatable bonds is 16. The number of primary amides is 2. The maximum Gasteiger partial charge on any atom is 0.326 e. The summed E-state index contributed by atoms with van der Waals surface area (Å²) in [5.41, 5.74) is 17.8. The summed E-state index contributed by atoms with van der Waals surface area (Å²) in [5.74, 6) is -5.46. The normalized spacial score (nSPS) is 14.1. The van der Waals surface area contributed by atoms with Crippen LogP contribution in [0.2, 0.25) is 0 Å². The molecule has 0 fully saturated rings. The summed E-state index contributed by atoms with van der Waals surface area (Å²) >= 11 is 0. The third kappa shape index (κ3) is 9.69.